The van der Waals surface area contributed by atoms with Crippen molar-refractivity contribution in [2.75, 3.05) is 19.6 Å². The topological polar surface area (TPSA) is 29.3 Å². The highest BCUT2D eigenvalue weighted by molar-refractivity contribution is 5.21. The molecule has 0 aromatic heterocycles. The van der Waals surface area contributed by atoms with Crippen LogP contribution in [0.25, 0.3) is 0 Å². The third kappa shape index (κ3) is 4.27. The summed E-state index contributed by atoms with van der Waals surface area (Å²) in [4.78, 5) is 2.49. The molecule has 0 saturated carbocycles. The van der Waals surface area contributed by atoms with E-state index in [1.54, 1.807) is 6.07 Å². The summed E-state index contributed by atoms with van der Waals surface area (Å²) < 4.78 is 13.8. The molecule has 0 spiro atoms. The van der Waals surface area contributed by atoms with Crippen molar-refractivity contribution < 1.29 is 4.39 Å². The molecular formula is C18H29FN2. The lowest BCUT2D eigenvalue weighted by atomic mass is 9.86. The van der Waals surface area contributed by atoms with Crippen molar-refractivity contribution in [3.8, 4) is 0 Å². The molecule has 21 heavy (non-hydrogen) atoms. The van der Waals surface area contributed by atoms with Gasteiger partial charge in [-0.2, -0.15) is 0 Å². The molecule has 2 unspecified atom stereocenters. The molecule has 2 rings (SSSR count). The van der Waals surface area contributed by atoms with Crippen molar-refractivity contribution in [3.05, 3.63) is 35.6 Å². The summed E-state index contributed by atoms with van der Waals surface area (Å²) in [6.07, 6.45) is 2.55. The van der Waals surface area contributed by atoms with Crippen LogP contribution in [0.1, 0.15) is 45.2 Å². The monoisotopic (exact) mass is 292 g/mol. The molecule has 2 N–H and O–H groups in total. The highest BCUT2D eigenvalue weighted by atomic mass is 19.1. The summed E-state index contributed by atoms with van der Waals surface area (Å²) >= 11 is 0. The van der Waals surface area contributed by atoms with Gasteiger partial charge in [-0.3, -0.25) is 0 Å². The number of hydrogen-bond donors (Lipinski definition) is 1. The van der Waals surface area contributed by atoms with Crippen molar-refractivity contribution in [1.29, 1.82) is 0 Å². The van der Waals surface area contributed by atoms with E-state index in [4.69, 9.17) is 5.73 Å². The first-order chi connectivity index (χ1) is 9.99. The van der Waals surface area contributed by atoms with Gasteiger partial charge in [0.05, 0.1) is 0 Å². The van der Waals surface area contributed by atoms with E-state index in [0.717, 1.165) is 31.5 Å². The van der Waals surface area contributed by atoms with E-state index in [9.17, 15) is 4.39 Å². The summed E-state index contributed by atoms with van der Waals surface area (Å²) in [5.41, 5.74) is 6.91. The first kappa shape index (κ1) is 16.4. The van der Waals surface area contributed by atoms with Gasteiger partial charge in [0.15, 0.2) is 0 Å². The van der Waals surface area contributed by atoms with Crippen LogP contribution in [0.15, 0.2) is 24.3 Å². The standard InChI is InChI=1S/C18H29FN2/c1-13(2)15-8-10-21(11-9-15)12-14(3)18(20)16-6-4-5-7-17(16)19/h4-7,13-15,18H,8-12,20H2,1-3H3. The summed E-state index contributed by atoms with van der Waals surface area (Å²) in [6.45, 7) is 10.0. The van der Waals surface area contributed by atoms with Gasteiger partial charge in [0.2, 0.25) is 0 Å². The Bertz CT molecular complexity index is 439. The Morgan fingerprint density at radius 2 is 1.81 bits per heavy atom. The predicted molar refractivity (Wildman–Crippen MR) is 86.5 cm³/mol. The maximum atomic E-state index is 13.8. The summed E-state index contributed by atoms with van der Waals surface area (Å²) in [5, 5.41) is 0. The van der Waals surface area contributed by atoms with E-state index in [-0.39, 0.29) is 17.8 Å². The van der Waals surface area contributed by atoms with E-state index in [0.29, 0.717) is 5.56 Å². The molecule has 2 atom stereocenters. The summed E-state index contributed by atoms with van der Waals surface area (Å²) in [7, 11) is 0. The molecule has 0 aliphatic carbocycles. The minimum absolute atomic E-state index is 0.185. The maximum Gasteiger partial charge on any atom is 0.127 e. The second-order valence-electron chi connectivity index (χ2n) is 6.91. The number of nitrogens with zero attached hydrogens (tertiary/aromatic N) is 1. The van der Waals surface area contributed by atoms with Crippen LogP contribution in [0.5, 0.6) is 0 Å². The van der Waals surface area contributed by atoms with Gasteiger partial charge in [-0.1, -0.05) is 39.0 Å². The first-order valence-corrected chi connectivity index (χ1v) is 8.21. The molecule has 1 aliphatic heterocycles. The predicted octanol–water partition coefficient (Wildman–Crippen LogP) is 3.83. The highest BCUT2D eigenvalue weighted by Crippen LogP contribution is 2.27. The van der Waals surface area contributed by atoms with E-state index >= 15 is 0 Å². The number of benzene rings is 1. The third-order valence-corrected chi connectivity index (χ3v) is 5.00. The van der Waals surface area contributed by atoms with Crippen LogP contribution in [0.2, 0.25) is 0 Å². The number of rotatable bonds is 5. The zero-order valence-electron chi connectivity index (χ0n) is 13.6. The van der Waals surface area contributed by atoms with Gasteiger partial charge in [-0.25, -0.2) is 4.39 Å². The van der Waals surface area contributed by atoms with E-state index in [1.165, 1.54) is 18.9 Å². The van der Waals surface area contributed by atoms with Crippen molar-refractivity contribution in [2.45, 2.75) is 39.7 Å². The second kappa shape index (κ2) is 7.37. The summed E-state index contributed by atoms with van der Waals surface area (Å²) in [6, 6.07) is 6.65. The minimum Gasteiger partial charge on any atom is -0.324 e. The highest BCUT2D eigenvalue weighted by Gasteiger charge is 2.25. The Hall–Kier alpha value is -0.930. The van der Waals surface area contributed by atoms with E-state index < -0.39 is 0 Å². The Balaban J connectivity index is 1.87. The van der Waals surface area contributed by atoms with Crippen molar-refractivity contribution in [2.24, 2.45) is 23.5 Å². The van der Waals surface area contributed by atoms with E-state index in [1.807, 2.05) is 12.1 Å². The Labute approximate surface area is 128 Å². The van der Waals surface area contributed by atoms with Crippen LogP contribution in [0, 0.1) is 23.6 Å². The van der Waals surface area contributed by atoms with Crippen molar-refractivity contribution in [3.63, 3.8) is 0 Å². The molecule has 118 valence electrons. The molecule has 1 aromatic rings. The lowest BCUT2D eigenvalue weighted by Gasteiger charge is -2.36. The fourth-order valence-electron chi connectivity index (χ4n) is 3.37. The molecule has 0 radical (unpaired) electrons. The van der Waals surface area contributed by atoms with E-state index in [2.05, 4.69) is 25.7 Å². The smallest absolute Gasteiger partial charge is 0.127 e. The zero-order chi connectivity index (χ0) is 15.4. The van der Waals surface area contributed by atoms with Crippen LogP contribution < -0.4 is 5.73 Å². The fourth-order valence-corrected chi connectivity index (χ4v) is 3.37. The van der Waals surface area contributed by atoms with Gasteiger partial charge in [0, 0.05) is 18.2 Å². The largest absolute Gasteiger partial charge is 0.324 e. The molecular weight excluding hydrogens is 263 g/mol. The van der Waals surface area contributed by atoms with Crippen molar-refractivity contribution in [1.82, 2.24) is 4.90 Å². The van der Waals surface area contributed by atoms with Gasteiger partial charge >= 0.3 is 0 Å². The molecule has 1 heterocycles. The minimum atomic E-state index is -0.228. The molecule has 1 aliphatic rings. The normalized spacial score (nSPS) is 20.7. The Morgan fingerprint density at radius 3 is 2.38 bits per heavy atom. The number of piperidine rings is 1. The number of nitrogens with two attached hydrogens (primary N) is 1. The third-order valence-electron chi connectivity index (χ3n) is 5.00. The van der Waals surface area contributed by atoms with Crippen LogP contribution >= 0.6 is 0 Å². The molecule has 0 bridgehead atoms. The number of likely N-dealkylation sites (tertiary alicyclic amines) is 1. The Kier molecular flexibility index (Phi) is 5.77. The fraction of sp³-hybridized carbons (Fsp3) is 0.667. The van der Waals surface area contributed by atoms with Gasteiger partial charge in [0.1, 0.15) is 5.82 Å². The molecule has 1 aromatic carbocycles. The average molecular weight is 292 g/mol. The number of hydrogen-bond acceptors (Lipinski definition) is 2. The molecule has 2 nitrogen and oxygen atoms in total. The second-order valence-corrected chi connectivity index (χ2v) is 6.91. The van der Waals surface area contributed by atoms with Crippen molar-refractivity contribution >= 4 is 0 Å². The van der Waals surface area contributed by atoms with Crippen LogP contribution in [0.4, 0.5) is 4.39 Å². The van der Waals surface area contributed by atoms with Crippen LogP contribution in [0.3, 0.4) is 0 Å². The Morgan fingerprint density at radius 1 is 1.19 bits per heavy atom. The van der Waals surface area contributed by atoms with Gasteiger partial charge in [-0.05, 0) is 49.8 Å². The van der Waals surface area contributed by atoms with Crippen LogP contribution in [-0.2, 0) is 0 Å². The first-order valence-electron chi connectivity index (χ1n) is 8.21. The quantitative estimate of drug-likeness (QED) is 0.893. The van der Waals surface area contributed by atoms with Gasteiger partial charge in [0.25, 0.3) is 0 Å². The molecule has 0 amide bonds. The number of halogens is 1. The van der Waals surface area contributed by atoms with Crippen LogP contribution in [-0.4, -0.2) is 24.5 Å². The average Bonchev–Trinajstić information content (AvgIpc) is 2.47. The van der Waals surface area contributed by atoms with Gasteiger partial charge < -0.3 is 10.6 Å². The molecule has 1 saturated heterocycles. The SMILES string of the molecule is CC(C)C1CCN(CC(C)C(N)c2ccccc2F)CC1. The van der Waals surface area contributed by atoms with Gasteiger partial charge in [-0.15, -0.1) is 0 Å². The summed E-state index contributed by atoms with van der Waals surface area (Å²) in [5.74, 6) is 1.72. The zero-order valence-corrected chi connectivity index (χ0v) is 13.6. The lowest BCUT2D eigenvalue weighted by molar-refractivity contribution is 0.136. The lowest BCUT2D eigenvalue weighted by Crippen LogP contribution is -2.40. The molecule has 1 fully saturated rings. The molecule has 3 heteroatoms. The maximum absolute atomic E-state index is 13.8.